The van der Waals surface area contributed by atoms with E-state index >= 15 is 0 Å². The highest BCUT2D eigenvalue weighted by atomic mass is 32.2. The van der Waals surface area contributed by atoms with Crippen LogP contribution in [0.3, 0.4) is 0 Å². The molecule has 5 rings (SSSR count). The summed E-state index contributed by atoms with van der Waals surface area (Å²) in [5, 5.41) is 10.5. The van der Waals surface area contributed by atoms with Gasteiger partial charge in [-0.25, -0.2) is 22.6 Å². The third kappa shape index (κ3) is 5.26. The smallest absolute Gasteiger partial charge is 0.361 e. The molecule has 14 heteroatoms. The van der Waals surface area contributed by atoms with Gasteiger partial charge in [-0.3, -0.25) is 14.3 Å². The number of ether oxygens (including phenoxy) is 3. The molecule has 2 saturated heterocycles. The van der Waals surface area contributed by atoms with E-state index in [-0.39, 0.29) is 48.6 Å². The van der Waals surface area contributed by atoms with E-state index in [0.717, 1.165) is 12.1 Å². The van der Waals surface area contributed by atoms with Crippen molar-refractivity contribution in [3.05, 3.63) is 51.5 Å². The number of esters is 1. The summed E-state index contributed by atoms with van der Waals surface area (Å²) in [5.41, 5.74) is -2.27. The van der Waals surface area contributed by atoms with Crippen molar-refractivity contribution in [2.75, 3.05) is 46.0 Å². The van der Waals surface area contributed by atoms with Gasteiger partial charge in [0.05, 0.1) is 18.0 Å². The second-order valence-electron chi connectivity index (χ2n) is 10.4. The van der Waals surface area contributed by atoms with Gasteiger partial charge in [-0.05, 0) is 26.0 Å². The van der Waals surface area contributed by atoms with Crippen molar-refractivity contribution in [3.63, 3.8) is 0 Å². The van der Waals surface area contributed by atoms with Crippen LogP contribution in [0.5, 0.6) is 5.75 Å². The molecule has 2 aromatic rings. The summed E-state index contributed by atoms with van der Waals surface area (Å²) < 4.78 is 60.5. The minimum absolute atomic E-state index is 0.0550. The number of sulfonamides is 1. The lowest BCUT2D eigenvalue weighted by molar-refractivity contribution is -0.139. The van der Waals surface area contributed by atoms with Crippen molar-refractivity contribution in [3.8, 4) is 5.75 Å². The molecule has 1 aromatic heterocycles. The number of rotatable bonds is 6. The first-order chi connectivity index (χ1) is 19.0. The SMILES string of the molecule is CC(C)N1CCN(S(=O)(=O)c2cc(F)ccc2COC(=O)c2nc3n(c(=O)c2O)CCOC32CCOCC2)CC1. The highest BCUT2D eigenvalue weighted by Crippen LogP contribution is 2.37. The normalized spacial score (nSPS) is 20.0. The van der Waals surface area contributed by atoms with Crippen molar-refractivity contribution >= 4 is 16.0 Å². The summed E-state index contributed by atoms with van der Waals surface area (Å²) in [6.45, 7) is 6.22. The number of hydrogen-bond donors (Lipinski definition) is 1. The maximum absolute atomic E-state index is 14.2. The average molecular weight is 581 g/mol. The van der Waals surface area contributed by atoms with E-state index in [1.807, 2.05) is 13.8 Å². The molecular weight excluding hydrogens is 547 g/mol. The quantitative estimate of drug-likeness (QED) is 0.496. The Morgan fingerprint density at radius 1 is 1.15 bits per heavy atom. The fourth-order valence-electron chi connectivity index (χ4n) is 5.41. The number of piperazine rings is 1. The molecular formula is C26H33FN4O8S. The second-order valence-corrected chi connectivity index (χ2v) is 12.3. The van der Waals surface area contributed by atoms with E-state index in [4.69, 9.17) is 14.2 Å². The van der Waals surface area contributed by atoms with Crippen LogP contribution in [0.25, 0.3) is 0 Å². The van der Waals surface area contributed by atoms with Crippen LogP contribution in [0.4, 0.5) is 4.39 Å². The largest absolute Gasteiger partial charge is 0.501 e. The Bertz CT molecular complexity index is 1450. The van der Waals surface area contributed by atoms with Crippen LogP contribution in [-0.4, -0.2) is 90.3 Å². The number of nitrogens with zero attached hydrogens (tertiary/aromatic N) is 4. The number of carbonyl (C=O) groups is 1. The van der Waals surface area contributed by atoms with Crippen LogP contribution in [0, 0.1) is 5.82 Å². The lowest BCUT2D eigenvalue weighted by atomic mass is 9.91. The Morgan fingerprint density at radius 2 is 1.85 bits per heavy atom. The zero-order valence-corrected chi connectivity index (χ0v) is 23.3. The van der Waals surface area contributed by atoms with E-state index in [9.17, 15) is 27.5 Å². The van der Waals surface area contributed by atoms with Crippen LogP contribution in [-0.2, 0) is 43.0 Å². The molecule has 0 bridgehead atoms. The number of benzene rings is 1. The van der Waals surface area contributed by atoms with Crippen molar-refractivity contribution in [2.45, 2.75) is 56.4 Å². The van der Waals surface area contributed by atoms with Gasteiger partial charge < -0.3 is 19.3 Å². The first-order valence-corrected chi connectivity index (χ1v) is 14.7. The standard InChI is InChI=1S/C26H33FN4O8S/c1-17(2)29-7-9-30(10-8-29)40(35,36)20-15-19(27)4-3-18(20)16-38-24(34)21-22(32)23(33)31-11-14-39-26(25(31)28-21)5-12-37-13-6-26/h3-4,15,17,32H,5-14,16H2,1-2H3. The molecule has 4 heterocycles. The van der Waals surface area contributed by atoms with E-state index in [1.54, 1.807) is 0 Å². The Morgan fingerprint density at radius 3 is 2.52 bits per heavy atom. The van der Waals surface area contributed by atoms with Gasteiger partial charge in [0.25, 0.3) is 5.56 Å². The van der Waals surface area contributed by atoms with Gasteiger partial charge in [0, 0.05) is 63.8 Å². The molecule has 1 spiro atoms. The average Bonchev–Trinajstić information content (AvgIpc) is 2.95. The van der Waals surface area contributed by atoms with Crippen LogP contribution >= 0.6 is 0 Å². The van der Waals surface area contributed by atoms with Crippen molar-refractivity contribution in [1.82, 2.24) is 18.8 Å². The number of hydrogen-bond acceptors (Lipinski definition) is 10. The Hall–Kier alpha value is -2.91. The number of aromatic hydroxyl groups is 1. The van der Waals surface area contributed by atoms with Gasteiger partial charge in [0.1, 0.15) is 23.8 Å². The van der Waals surface area contributed by atoms with E-state index in [1.165, 1.54) is 14.9 Å². The van der Waals surface area contributed by atoms with Crippen LogP contribution in [0.1, 0.15) is 48.6 Å². The first kappa shape index (κ1) is 28.6. The van der Waals surface area contributed by atoms with Crippen LogP contribution < -0.4 is 5.56 Å². The first-order valence-electron chi connectivity index (χ1n) is 13.3. The van der Waals surface area contributed by atoms with Gasteiger partial charge in [-0.1, -0.05) is 6.07 Å². The fourth-order valence-corrected chi connectivity index (χ4v) is 7.05. The Kier molecular flexibility index (Phi) is 7.99. The number of carbonyl (C=O) groups excluding carboxylic acids is 1. The molecule has 2 fully saturated rings. The van der Waals surface area contributed by atoms with Crippen LogP contribution in [0.15, 0.2) is 27.9 Å². The molecule has 0 atom stereocenters. The van der Waals surface area contributed by atoms with Gasteiger partial charge >= 0.3 is 5.97 Å². The third-order valence-corrected chi connectivity index (χ3v) is 9.73. The summed E-state index contributed by atoms with van der Waals surface area (Å²) >= 11 is 0. The minimum Gasteiger partial charge on any atom is -0.501 e. The lowest BCUT2D eigenvalue weighted by Gasteiger charge is -2.40. The molecule has 12 nitrogen and oxygen atoms in total. The Balaban J connectivity index is 1.39. The van der Waals surface area contributed by atoms with E-state index in [0.29, 0.717) is 39.1 Å². The maximum atomic E-state index is 14.2. The zero-order valence-electron chi connectivity index (χ0n) is 22.5. The molecule has 0 saturated carbocycles. The van der Waals surface area contributed by atoms with Crippen molar-refractivity contribution in [1.29, 1.82) is 0 Å². The van der Waals surface area contributed by atoms with E-state index < -0.39 is 51.0 Å². The zero-order chi connectivity index (χ0) is 28.7. The molecule has 0 unspecified atom stereocenters. The fraction of sp³-hybridized carbons (Fsp3) is 0.577. The summed E-state index contributed by atoms with van der Waals surface area (Å²) in [6.07, 6.45) is 0.835. The van der Waals surface area contributed by atoms with Gasteiger partial charge in [-0.15, -0.1) is 0 Å². The van der Waals surface area contributed by atoms with E-state index in [2.05, 4.69) is 9.88 Å². The summed E-state index contributed by atoms with van der Waals surface area (Å²) in [4.78, 5) is 32.2. The summed E-state index contributed by atoms with van der Waals surface area (Å²) in [7, 11) is -4.09. The summed E-state index contributed by atoms with van der Waals surface area (Å²) in [5.74, 6) is -2.53. The number of halogens is 1. The minimum atomic E-state index is -4.09. The van der Waals surface area contributed by atoms with Crippen LogP contribution in [0.2, 0.25) is 0 Å². The van der Waals surface area contributed by atoms with Gasteiger partial charge in [-0.2, -0.15) is 4.31 Å². The molecule has 0 radical (unpaired) electrons. The van der Waals surface area contributed by atoms with Crippen molar-refractivity contribution < 1.29 is 36.9 Å². The molecule has 3 aliphatic heterocycles. The molecule has 0 amide bonds. The lowest BCUT2D eigenvalue weighted by Crippen LogP contribution is -2.50. The molecule has 1 N–H and O–H groups in total. The Labute approximate surface area is 231 Å². The predicted octanol–water partition coefficient (Wildman–Crippen LogP) is 1.20. The molecule has 1 aromatic carbocycles. The predicted molar refractivity (Wildman–Crippen MR) is 139 cm³/mol. The summed E-state index contributed by atoms with van der Waals surface area (Å²) in [6, 6.07) is 3.48. The van der Waals surface area contributed by atoms with Crippen molar-refractivity contribution in [2.24, 2.45) is 0 Å². The molecule has 218 valence electrons. The highest BCUT2D eigenvalue weighted by molar-refractivity contribution is 7.89. The van der Waals surface area contributed by atoms with Gasteiger partial charge in [0.2, 0.25) is 15.8 Å². The second kappa shape index (κ2) is 11.2. The topological polar surface area (TPSA) is 140 Å². The number of aromatic nitrogens is 2. The molecule has 3 aliphatic rings. The molecule has 0 aliphatic carbocycles. The third-order valence-electron chi connectivity index (χ3n) is 7.75. The van der Waals surface area contributed by atoms with Gasteiger partial charge in [0.15, 0.2) is 5.69 Å². The highest BCUT2D eigenvalue weighted by Gasteiger charge is 2.43. The molecule has 40 heavy (non-hydrogen) atoms. The number of fused-ring (bicyclic) bond motifs is 2. The maximum Gasteiger partial charge on any atom is 0.361 e. The monoisotopic (exact) mass is 580 g/mol.